The molecule has 7 nitrogen and oxygen atoms in total. The van der Waals surface area contributed by atoms with Gasteiger partial charge in [-0.05, 0) is 42.0 Å². The molecule has 2 saturated heterocycles. The monoisotopic (exact) mass is 442 g/mol. The lowest BCUT2D eigenvalue weighted by molar-refractivity contribution is -0.140. The standard InChI is InChI=1S/C23H23ClN2O5/c24-17-5-1-16(2-6-17)21(28)19-20(15-3-7-18(27)8-4-15)26(23(30)22(19)29)10-9-25-11-13-31-14-12-25/h1-8,20,27-28H,9-14H2. The summed E-state index contributed by atoms with van der Waals surface area (Å²) < 4.78 is 5.37. The summed E-state index contributed by atoms with van der Waals surface area (Å²) in [5, 5.41) is 21.2. The van der Waals surface area contributed by atoms with E-state index in [1.807, 2.05) is 0 Å². The van der Waals surface area contributed by atoms with Crippen LogP contribution in [0.5, 0.6) is 5.75 Å². The Morgan fingerprint density at radius 1 is 1.00 bits per heavy atom. The van der Waals surface area contributed by atoms with Gasteiger partial charge in [-0.15, -0.1) is 0 Å². The number of likely N-dealkylation sites (tertiary alicyclic amines) is 1. The van der Waals surface area contributed by atoms with Gasteiger partial charge >= 0.3 is 0 Å². The number of morpholine rings is 1. The molecule has 2 fully saturated rings. The zero-order chi connectivity index (χ0) is 22.0. The number of phenolic OH excluding ortho intramolecular Hbond substituents is 1. The molecule has 0 bridgehead atoms. The van der Waals surface area contributed by atoms with E-state index >= 15 is 0 Å². The first-order chi connectivity index (χ1) is 15.0. The summed E-state index contributed by atoms with van der Waals surface area (Å²) in [7, 11) is 0. The smallest absolute Gasteiger partial charge is 0.295 e. The molecule has 2 aromatic rings. The second-order valence-corrected chi connectivity index (χ2v) is 7.98. The molecule has 2 aliphatic rings. The second kappa shape index (κ2) is 9.09. The van der Waals surface area contributed by atoms with Crippen LogP contribution in [0.3, 0.4) is 0 Å². The van der Waals surface area contributed by atoms with Crippen molar-refractivity contribution in [2.75, 3.05) is 39.4 Å². The van der Waals surface area contributed by atoms with Crippen molar-refractivity contribution in [2.45, 2.75) is 6.04 Å². The number of hydrogen-bond acceptors (Lipinski definition) is 6. The van der Waals surface area contributed by atoms with Crippen molar-refractivity contribution in [1.82, 2.24) is 9.80 Å². The number of Topliss-reactive ketones (excluding diaryl/α,β-unsaturated/α-hetero) is 1. The number of carbonyl (C=O) groups is 2. The van der Waals surface area contributed by atoms with Gasteiger partial charge in [0.15, 0.2) is 0 Å². The van der Waals surface area contributed by atoms with E-state index in [-0.39, 0.29) is 17.1 Å². The molecule has 1 unspecified atom stereocenters. The number of halogens is 1. The molecule has 0 aromatic heterocycles. The Labute approximate surface area is 185 Å². The minimum Gasteiger partial charge on any atom is -0.508 e. The quantitative estimate of drug-likeness (QED) is 0.420. The van der Waals surface area contributed by atoms with Gasteiger partial charge < -0.3 is 19.8 Å². The number of hydrogen-bond donors (Lipinski definition) is 2. The molecule has 4 rings (SSSR count). The summed E-state index contributed by atoms with van der Waals surface area (Å²) in [5.74, 6) is -1.55. The summed E-state index contributed by atoms with van der Waals surface area (Å²) in [6, 6.07) is 12.0. The van der Waals surface area contributed by atoms with Crippen molar-refractivity contribution in [3.05, 3.63) is 70.3 Å². The van der Waals surface area contributed by atoms with Gasteiger partial charge in [0, 0.05) is 36.8 Å². The molecule has 0 radical (unpaired) electrons. The zero-order valence-corrected chi connectivity index (χ0v) is 17.6. The SMILES string of the molecule is O=C1C(=O)N(CCN2CCOCC2)C(c2ccc(O)cc2)C1=C(O)c1ccc(Cl)cc1. The number of benzene rings is 2. The van der Waals surface area contributed by atoms with E-state index in [9.17, 15) is 19.8 Å². The van der Waals surface area contributed by atoms with Crippen LogP contribution >= 0.6 is 11.6 Å². The Hall–Kier alpha value is -2.87. The molecule has 2 aromatic carbocycles. The molecule has 0 aliphatic carbocycles. The van der Waals surface area contributed by atoms with Gasteiger partial charge in [0.1, 0.15) is 11.5 Å². The molecular weight excluding hydrogens is 420 g/mol. The molecule has 2 heterocycles. The highest BCUT2D eigenvalue weighted by Crippen LogP contribution is 2.39. The third-order valence-electron chi connectivity index (χ3n) is 5.63. The second-order valence-electron chi connectivity index (χ2n) is 7.54. The normalized spacial score (nSPS) is 21.6. The number of rotatable bonds is 5. The summed E-state index contributed by atoms with van der Waals surface area (Å²) in [6.45, 7) is 3.71. The first-order valence-electron chi connectivity index (χ1n) is 10.1. The van der Waals surface area contributed by atoms with Crippen LogP contribution in [0, 0.1) is 0 Å². The van der Waals surface area contributed by atoms with E-state index in [4.69, 9.17) is 16.3 Å². The zero-order valence-electron chi connectivity index (χ0n) is 16.8. The lowest BCUT2D eigenvalue weighted by Crippen LogP contribution is -2.42. The van der Waals surface area contributed by atoms with Gasteiger partial charge in [-0.25, -0.2) is 0 Å². The fourth-order valence-corrected chi connectivity index (χ4v) is 4.08. The molecule has 1 amide bonds. The van der Waals surface area contributed by atoms with Gasteiger partial charge in [0.05, 0.1) is 24.8 Å². The molecule has 0 spiro atoms. The number of aromatic hydroxyl groups is 1. The van der Waals surface area contributed by atoms with Crippen molar-refractivity contribution in [3.63, 3.8) is 0 Å². The predicted octanol–water partition coefficient (Wildman–Crippen LogP) is 2.80. The Balaban J connectivity index is 1.72. The lowest BCUT2D eigenvalue weighted by Gasteiger charge is -2.31. The molecule has 2 aliphatic heterocycles. The molecule has 1 atom stereocenters. The third kappa shape index (κ3) is 4.44. The van der Waals surface area contributed by atoms with Crippen LogP contribution in [0.2, 0.25) is 5.02 Å². The van der Waals surface area contributed by atoms with E-state index in [0.29, 0.717) is 42.5 Å². The van der Waals surface area contributed by atoms with Crippen molar-refractivity contribution >= 4 is 29.1 Å². The fraction of sp³-hybridized carbons (Fsp3) is 0.304. The van der Waals surface area contributed by atoms with Crippen molar-refractivity contribution < 1.29 is 24.5 Å². The number of carbonyl (C=O) groups excluding carboxylic acids is 2. The van der Waals surface area contributed by atoms with Gasteiger partial charge in [-0.3, -0.25) is 14.5 Å². The first kappa shape index (κ1) is 21.4. The number of phenols is 1. The summed E-state index contributed by atoms with van der Waals surface area (Å²) in [4.78, 5) is 29.6. The van der Waals surface area contributed by atoms with E-state index in [2.05, 4.69) is 4.90 Å². The molecular formula is C23H23ClN2O5. The Bertz CT molecular complexity index is 998. The minimum atomic E-state index is -0.752. The average Bonchev–Trinajstić information content (AvgIpc) is 3.04. The number of amides is 1. The van der Waals surface area contributed by atoms with Crippen LogP contribution in [0.25, 0.3) is 5.76 Å². The van der Waals surface area contributed by atoms with Crippen LogP contribution < -0.4 is 0 Å². The highest BCUT2D eigenvalue weighted by molar-refractivity contribution is 6.46. The van der Waals surface area contributed by atoms with Gasteiger partial charge in [-0.2, -0.15) is 0 Å². The summed E-state index contributed by atoms with van der Waals surface area (Å²) in [6.07, 6.45) is 0. The first-order valence-corrected chi connectivity index (χ1v) is 10.5. The Kier molecular flexibility index (Phi) is 6.27. The molecule has 8 heteroatoms. The summed E-state index contributed by atoms with van der Waals surface area (Å²) >= 11 is 5.94. The molecule has 31 heavy (non-hydrogen) atoms. The minimum absolute atomic E-state index is 0.0278. The third-order valence-corrected chi connectivity index (χ3v) is 5.88. The van der Waals surface area contributed by atoms with Crippen LogP contribution in [0.15, 0.2) is 54.1 Å². The van der Waals surface area contributed by atoms with Crippen molar-refractivity contribution in [1.29, 1.82) is 0 Å². The van der Waals surface area contributed by atoms with E-state index in [0.717, 1.165) is 13.1 Å². The highest BCUT2D eigenvalue weighted by atomic mass is 35.5. The molecule has 2 N–H and O–H groups in total. The predicted molar refractivity (Wildman–Crippen MR) is 116 cm³/mol. The van der Waals surface area contributed by atoms with E-state index in [1.54, 1.807) is 36.4 Å². The maximum atomic E-state index is 13.0. The van der Waals surface area contributed by atoms with Crippen molar-refractivity contribution in [2.24, 2.45) is 0 Å². The van der Waals surface area contributed by atoms with Crippen LogP contribution in [-0.2, 0) is 14.3 Å². The van der Waals surface area contributed by atoms with Crippen LogP contribution in [0.1, 0.15) is 17.2 Å². The number of nitrogens with zero attached hydrogens (tertiary/aromatic N) is 2. The van der Waals surface area contributed by atoms with Crippen LogP contribution in [-0.4, -0.2) is 71.1 Å². The molecule has 0 saturated carbocycles. The van der Waals surface area contributed by atoms with Gasteiger partial charge in [0.25, 0.3) is 11.7 Å². The number of ketones is 1. The van der Waals surface area contributed by atoms with Gasteiger partial charge in [0.2, 0.25) is 0 Å². The fourth-order valence-electron chi connectivity index (χ4n) is 3.95. The number of ether oxygens (including phenoxy) is 1. The Morgan fingerprint density at radius 2 is 1.65 bits per heavy atom. The average molecular weight is 443 g/mol. The van der Waals surface area contributed by atoms with E-state index in [1.165, 1.54) is 17.0 Å². The lowest BCUT2D eigenvalue weighted by atomic mass is 9.95. The largest absolute Gasteiger partial charge is 0.508 e. The number of aliphatic hydroxyl groups excluding tert-OH is 1. The maximum Gasteiger partial charge on any atom is 0.295 e. The van der Waals surface area contributed by atoms with Crippen LogP contribution in [0.4, 0.5) is 0 Å². The Morgan fingerprint density at radius 3 is 2.29 bits per heavy atom. The van der Waals surface area contributed by atoms with Crippen molar-refractivity contribution in [3.8, 4) is 5.75 Å². The summed E-state index contributed by atoms with van der Waals surface area (Å²) in [5.41, 5.74) is 1.06. The topological polar surface area (TPSA) is 90.3 Å². The molecule has 162 valence electrons. The highest BCUT2D eigenvalue weighted by Gasteiger charge is 2.46. The number of aliphatic hydroxyl groups is 1. The van der Waals surface area contributed by atoms with Gasteiger partial charge in [-0.1, -0.05) is 23.7 Å². The maximum absolute atomic E-state index is 13.0. The van der Waals surface area contributed by atoms with E-state index < -0.39 is 17.7 Å².